The Labute approximate surface area is 393 Å². The van der Waals surface area contributed by atoms with Crippen molar-refractivity contribution < 1.29 is 72.9 Å². The summed E-state index contributed by atoms with van der Waals surface area (Å²) in [5.74, 6) is -13.0. The van der Waals surface area contributed by atoms with Crippen LogP contribution in [0.15, 0.2) is 30.5 Å². The molecule has 0 aliphatic rings. The Balaban J connectivity index is 2.26. The predicted molar refractivity (Wildman–Crippen MR) is 242 cm³/mol. The van der Waals surface area contributed by atoms with Crippen molar-refractivity contribution in [1.82, 2.24) is 47.5 Å². The number of primary amides is 1. The fourth-order valence-corrected chi connectivity index (χ4v) is 6.79. The van der Waals surface area contributed by atoms with Gasteiger partial charge in [0.2, 0.25) is 53.2 Å². The normalized spacial score (nSPS) is 13.9. The number of aromatic nitrogens is 1. The van der Waals surface area contributed by atoms with Crippen molar-refractivity contribution in [2.75, 3.05) is 31.6 Å². The van der Waals surface area contributed by atoms with Gasteiger partial charge in [-0.15, -0.1) is 0 Å². The van der Waals surface area contributed by atoms with E-state index in [-0.39, 0.29) is 12.8 Å². The summed E-state index contributed by atoms with van der Waals surface area (Å²) in [6.07, 6.45) is 0.900. The minimum Gasteiger partial charge on any atom is -0.481 e. The van der Waals surface area contributed by atoms with Crippen LogP contribution in [-0.4, -0.2) is 159 Å². The summed E-state index contributed by atoms with van der Waals surface area (Å²) in [5, 5.41) is 47.0. The first kappa shape index (κ1) is 56.8. The monoisotopic (exact) mass is 977 g/mol. The van der Waals surface area contributed by atoms with E-state index in [1.807, 2.05) is 5.32 Å². The number of nitrogens with one attached hydrogen (secondary N) is 9. The van der Waals surface area contributed by atoms with Gasteiger partial charge in [0.15, 0.2) is 0 Å². The molecule has 16 N–H and O–H groups in total. The number of carbonyl (C=O) groups excluding carboxylic acids is 9. The molecule has 0 fully saturated rings. The summed E-state index contributed by atoms with van der Waals surface area (Å²) < 4.78 is 0. The molecule has 27 heteroatoms. The first-order valence-electron chi connectivity index (χ1n) is 21.1. The van der Waals surface area contributed by atoms with E-state index in [9.17, 15) is 67.7 Å². The second-order valence-corrected chi connectivity index (χ2v) is 16.4. The molecule has 9 amide bonds. The number of rotatable bonds is 31. The molecule has 26 nitrogen and oxygen atoms in total. The Morgan fingerprint density at radius 2 is 1.21 bits per heavy atom. The second-order valence-electron chi connectivity index (χ2n) is 15.4. The molecule has 7 atom stereocenters. The van der Waals surface area contributed by atoms with Gasteiger partial charge in [-0.1, -0.05) is 38.5 Å². The van der Waals surface area contributed by atoms with Gasteiger partial charge in [0.05, 0.1) is 32.0 Å². The highest BCUT2D eigenvalue weighted by Crippen LogP contribution is 2.19. The molecule has 1 heterocycles. The van der Waals surface area contributed by atoms with Crippen LogP contribution in [0.5, 0.6) is 0 Å². The van der Waals surface area contributed by atoms with Gasteiger partial charge in [-0.25, -0.2) is 0 Å². The van der Waals surface area contributed by atoms with Crippen molar-refractivity contribution in [2.45, 2.75) is 95.0 Å². The van der Waals surface area contributed by atoms with E-state index in [0.717, 1.165) is 0 Å². The number of fused-ring (bicyclic) bond motifs is 1. The van der Waals surface area contributed by atoms with Gasteiger partial charge in [0.25, 0.3) is 0 Å². The summed E-state index contributed by atoms with van der Waals surface area (Å²) in [6, 6.07) is -1.79. The standard InChI is InChI=1S/C41H59N11O15S/c1-4-20(2)35(41(67)51-28(15-33(58)59)38(64)47-19-34(60)61)52-39(65)26(11-12-68-3)48-30(54)18-46-37(63)25(9-10-32(56)57)50-40(66)27(13-21-16-44-24-8-6-5-7-22(21)24)49-31(55)17-45-36(62)23(42)14-29(43)53/h5-8,16,20,23,25-28,35,44H,4,9-15,17-19,42H2,1-3H3,(H2,43,53)(H,45,62)(H,46,63)(H,47,64)(H,48,54)(H,49,55)(H,50,66)(H,51,67)(H,52,65)(H,56,57)(H,58,59)(H,60,61)/t20-,23-,25-,26-,27-,28-,35-/m0/s1. The number of benzene rings is 1. The van der Waals surface area contributed by atoms with Crippen molar-refractivity contribution in [2.24, 2.45) is 17.4 Å². The number of amides is 9. The van der Waals surface area contributed by atoms with Crippen LogP contribution in [0.25, 0.3) is 10.9 Å². The molecule has 1 aromatic heterocycles. The maximum absolute atomic E-state index is 13.9. The van der Waals surface area contributed by atoms with E-state index in [1.165, 1.54) is 11.8 Å². The molecule has 0 bridgehead atoms. The lowest BCUT2D eigenvalue weighted by atomic mass is 9.97. The number of nitrogens with two attached hydrogens (primary N) is 2. The maximum Gasteiger partial charge on any atom is 0.322 e. The highest BCUT2D eigenvalue weighted by atomic mass is 32.2. The van der Waals surface area contributed by atoms with E-state index in [0.29, 0.717) is 28.6 Å². The molecule has 0 saturated heterocycles. The van der Waals surface area contributed by atoms with Crippen LogP contribution in [-0.2, 0) is 64.0 Å². The lowest BCUT2D eigenvalue weighted by Crippen LogP contribution is -2.59. The quantitative estimate of drug-likeness (QED) is 0.0342. The predicted octanol–water partition coefficient (Wildman–Crippen LogP) is -4.09. The number of hydrogen-bond donors (Lipinski definition) is 14. The Morgan fingerprint density at radius 1 is 0.647 bits per heavy atom. The molecule has 0 saturated carbocycles. The van der Waals surface area contributed by atoms with Crippen LogP contribution in [0.3, 0.4) is 0 Å². The smallest absolute Gasteiger partial charge is 0.322 e. The van der Waals surface area contributed by atoms with E-state index >= 15 is 0 Å². The highest BCUT2D eigenvalue weighted by Gasteiger charge is 2.34. The molecule has 2 aromatic rings. The molecule has 0 spiro atoms. The maximum atomic E-state index is 13.9. The van der Waals surface area contributed by atoms with Gasteiger partial charge in [0.1, 0.15) is 36.8 Å². The third kappa shape index (κ3) is 20.1. The number of hydrogen-bond acceptors (Lipinski definition) is 14. The molecule has 0 unspecified atom stereocenters. The van der Waals surface area contributed by atoms with Crippen LogP contribution in [0.1, 0.15) is 57.9 Å². The lowest BCUT2D eigenvalue weighted by Gasteiger charge is -2.28. The largest absolute Gasteiger partial charge is 0.481 e. The van der Waals surface area contributed by atoms with Crippen LogP contribution < -0.4 is 54.0 Å². The van der Waals surface area contributed by atoms with Gasteiger partial charge in [-0.05, 0) is 42.4 Å². The number of carbonyl (C=O) groups is 12. The van der Waals surface area contributed by atoms with Crippen molar-refractivity contribution >= 4 is 93.7 Å². The van der Waals surface area contributed by atoms with E-state index in [4.69, 9.17) is 16.6 Å². The third-order valence-corrected chi connectivity index (χ3v) is 10.8. The summed E-state index contributed by atoms with van der Waals surface area (Å²) >= 11 is 1.31. The van der Waals surface area contributed by atoms with Gasteiger partial charge in [-0.3, -0.25) is 57.5 Å². The Bertz CT molecular complexity index is 2170. The first-order chi connectivity index (χ1) is 32.1. The minimum absolute atomic E-state index is 0.00541. The molecule has 0 aliphatic heterocycles. The fraction of sp³-hybridized carbons (Fsp3) is 0.512. The molecular formula is C41H59N11O15S. The number of aliphatic carboxylic acids is 3. The Morgan fingerprint density at radius 3 is 1.79 bits per heavy atom. The SMILES string of the molecule is CC[C@H](C)[C@H](NC(=O)[C@H](CCSC)NC(=O)CNC(=O)[C@H](CCC(=O)O)NC(=O)[C@H](Cc1c[nH]c2ccccc12)NC(=O)CNC(=O)[C@@H](N)CC(N)=O)C(=O)N[C@@H](CC(=O)O)C(=O)NCC(=O)O. The Kier molecular flexibility index (Phi) is 24.0. The van der Waals surface area contributed by atoms with E-state index in [1.54, 1.807) is 50.6 Å². The molecular weight excluding hydrogens is 919 g/mol. The lowest BCUT2D eigenvalue weighted by molar-refractivity contribution is -0.142. The van der Waals surface area contributed by atoms with Crippen LogP contribution >= 0.6 is 11.8 Å². The number of thioether (sulfide) groups is 1. The average molecular weight is 978 g/mol. The van der Waals surface area contributed by atoms with Gasteiger partial charge >= 0.3 is 17.9 Å². The molecule has 0 aliphatic carbocycles. The first-order valence-corrected chi connectivity index (χ1v) is 22.5. The highest BCUT2D eigenvalue weighted by molar-refractivity contribution is 7.98. The van der Waals surface area contributed by atoms with Crippen molar-refractivity contribution in [3.8, 4) is 0 Å². The molecule has 68 heavy (non-hydrogen) atoms. The van der Waals surface area contributed by atoms with Gasteiger partial charge < -0.3 is 74.3 Å². The number of H-pyrrole nitrogens is 1. The zero-order valence-electron chi connectivity index (χ0n) is 37.5. The number of para-hydroxylation sites is 1. The molecule has 0 radical (unpaired) electrons. The number of aromatic amines is 1. The van der Waals surface area contributed by atoms with Crippen molar-refractivity contribution in [1.29, 1.82) is 0 Å². The minimum atomic E-state index is -1.72. The van der Waals surface area contributed by atoms with Gasteiger partial charge in [0, 0.05) is 29.9 Å². The Hall–Kier alpha value is -7.29. The summed E-state index contributed by atoms with van der Waals surface area (Å²) in [6.45, 7) is 0.914. The van der Waals surface area contributed by atoms with Gasteiger partial charge in [-0.2, -0.15) is 11.8 Å². The topological polar surface area (TPSA) is 430 Å². The number of carboxylic acid groups (broad SMARTS) is 3. The molecule has 374 valence electrons. The van der Waals surface area contributed by atoms with Crippen molar-refractivity contribution in [3.63, 3.8) is 0 Å². The van der Waals surface area contributed by atoms with Crippen LogP contribution in [0.4, 0.5) is 0 Å². The second kappa shape index (κ2) is 28.7. The van der Waals surface area contributed by atoms with E-state index < -0.39 is 159 Å². The van der Waals surface area contributed by atoms with Crippen molar-refractivity contribution in [3.05, 3.63) is 36.0 Å². The van der Waals surface area contributed by atoms with E-state index in [2.05, 4.69) is 42.2 Å². The molecule has 1 aromatic carbocycles. The zero-order chi connectivity index (χ0) is 51.1. The third-order valence-electron chi connectivity index (χ3n) is 10.1. The average Bonchev–Trinajstić information content (AvgIpc) is 3.69. The summed E-state index contributed by atoms with van der Waals surface area (Å²) in [7, 11) is 0. The van der Waals surface area contributed by atoms with Crippen LogP contribution in [0, 0.1) is 5.92 Å². The van der Waals surface area contributed by atoms with Crippen LogP contribution in [0.2, 0.25) is 0 Å². The summed E-state index contributed by atoms with van der Waals surface area (Å²) in [5.41, 5.74) is 12.0. The number of carboxylic acids is 3. The zero-order valence-corrected chi connectivity index (χ0v) is 38.3. The fourth-order valence-electron chi connectivity index (χ4n) is 6.32. The summed E-state index contributed by atoms with van der Waals surface area (Å²) in [4.78, 5) is 154. The molecule has 2 rings (SSSR count).